The summed E-state index contributed by atoms with van der Waals surface area (Å²) in [7, 11) is -4.27. The third kappa shape index (κ3) is 5.37. The molecule has 0 saturated carbocycles. The van der Waals surface area contributed by atoms with Crippen molar-refractivity contribution in [1.29, 1.82) is 0 Å². The van der Waals surface area contributed by atoms with E-state index in [2.05, 4.69) is 4.29 Å². The van der Waals surface area contributed by atoms with E-state index in [9.17, 15) is 14.0 Å². The fourth-order valence-electron chi connectivity index (χ4n) is 1.08. The Hall–Kier alpha value is 0.0500. The Kier molecular flexibility index (Phi) is 4.33. The van der Waals surface area contributed by atoms with Crippen molar-refractivity contribution in [3.05, 3.63) is 0 Å². The molecule has 0 amide bonds. The molecular formula is C6H12ClNO5. The first-order valence-corrected chi connectivity index (χ1v) is 5.17. The van der Waals surface area contributed by atoms with Gasteiger partial charge >= 0.3 is 0 Å². The van der Waals surface area contributed by atoms with Gasteiger partial charge in [0.2, 0.25) is 6.61 Å². The van der Waals surface area contributed by atoms with Gasteiger partial charge in [-0.25, -0.2) is 0 Å². The maximum Gasteiger partial charge on any atom is 0.216 e. The van der Waals surface area contributed by atoms with Crippen molar-refractivity contribution in [2.75, 3.05) is 39.5 Å². The number of nitrogens with zero attached hydrogens (tertiary/aromatic N) is 1. The smallest absolute Gasteiger partial charge is 0.216 e. The molecule has 0 bridgehead atoms. The zero-order chi connectivity index (χ0) is 9.73. The Morgan fingerprint density at radius 1 is 1.23 bits per heavy atom. The number of morpholine rings is 1. The van der Waals surface area contributed by atoms with Gasteiger partial charge in [0, 0.05) is 19.6 Å². The minimum Gasteiger partial charge on any atom is -0.379 e. The largest absolute Gasteiger partial charge is 0.379 e. The highest BCUT2D eigenvalue weighted by Crippen LogP contribution is 1.97. The molecule has 6 nitrogen and oxygen atoms in total. The van der Waals surface area contributed by atoms with Crippen LogP contribution in [0.4, 0.5) is 0 Å². The highest BCUT2D eigenvalue weighted by Gasteiger charge is 2.18. The van der Waals surface area contributed by atoms with Crippen molar-refractivity contribution < 1.29 is 33.2 Å². The molecule has 0 spiro atoms. The SMILES string of the molecule is [O-][Cl+3]([O-])([O-])OCCN1CCOCC1. The van der Waals surface area contributed by atoms with E-state index in [4.69, 9.17) is 4.74 Å². The first-order chi connectivity index (χ1) is 6.08. The van der Waals surface area contributed by atoms with Crippen molar-refractivity contribution in [3.8, 4) is 0 Å². The number of rotatable bonds is 4. The summed E-state index contributed by atoms with van der Waals surface area (Å²) in [5.74, 6) is 0. The molecular weight excluding hydrogens is 202 g/mol. The Morgan fingerprint density at radius 3 is 2.38 bits per heavy atom. The van der Waals surface area contributed by atoms with Gasteiger partial charge in [0.1, 0.15) is 0 Å². The van der Waals surface area contributed by atoms with Gasteiger partial charge in [0.05, 0.1) is 27.7 Å². The highest BCUT2D eigenvalue weighted by atomic mass is 35.7. The summed E-state index contributed by atoms with van der Waals surface area (Å²) in [6.07, 6.45) is 0. The first kappa shape index (κ1) is 11.1. The van der Waals surface area contributed by atoms with Crippen LogP contribution in [-0.4, -0.2) is 44.4 Å². The minimum absolute atomic E-state index is 0.0899. The van der Waals surface area contributed by atoms with Gasteiger partial charge in [0.15, 0.2) is 0 Å². The zero-order valence-electron chi connectivity index (χ0n) is 7.11. The number of ether oxygens (including phenoxy) is 1. The van der Waals surface area contributed by atoms with Crippen LogP contribution in [0, 0.1) is 10.2 Å². The zero-order valence-corrected chi connectivity index (χ0v) is 7.86. The molecule has 0 aromatic rings. The fraction of sp³-hybridized carbons (Fsp3) is 1.00. The lowest BCUT2D eigenvalue weighted by Crippen LogP contribution is -2.61. The van der Waals surface area contributed by atoms with Crippen LogP contribution in [-0.2, 0) is 9.03 Å². The lowest BCUT2D eigenvalue weighted by molar-refractivity contribution is -1.92. The summed E-state index contributed by atoms with van der Waals surface area (Å²) < 4.78 is 39.2. The average Bonchev–Trinajstić information content (AvgIpc) is 2.04. The van der Waals surface area contributed by atoms with Crippen LogP contribution in [0.3, 0.4) is 0 Å². The molecule has 0 aromatic heterocycles. The van der Waals surface area contributed by atoms with E-state index in [1.807, 2.05) is 4.90 Å². The van der Waals surface area contributed by atoms with Gasteiger partial charge in [-0.1, -0.05) is 0 Å². The summed E-state index contributed by atoms with van der Waals surface area (Å²) in [5, 5.41) is 0. The van der Waals surface area contributed by atoms with Crippen molar-refractivity contribution in [2.45, 2.75) is 0 Å². The molecule has 0 atom stereocenters. The molecule has 0 unspecified atom stereocenters. The van der Waals surface area contributed by atoms with Gasteiger partial charge in [-0.15, -0.1) is 0 Å². The van der Waals surface area contributed by atoms with E-state index >= 15 is 0 Å². The fourth-order valence-corrected chi connectivity index (χ4v) is 1.34. The van der Waals surface area contributed by atoms with Crippen LogP contribution < -0.4 is 14.0 Å². The van der Waals surface area contributed by atoms with E-state index in [1.165, 1.54) is 0 Å². The lowest BCUT2D eigenvalue weighted by atomic mass is 10.4. The minimum atomic E-state index is -4.27. The van der Waals surface area contributed by atoms with Gasteiger partial charge < -0.3 is 4.74 Å². The molecule has 0 aromatic carbocycles. The van der Waals surface area contributed by atoms with Gasteiger partial charge in [-0.05, 0) is 0 Å². The summed E-state index contributed by atoms with van der Waals surface area (Å²) in [5.41, 5.74) is 0. The number of hydrogen-bond acceptors (Lipinski definition) is 6. The van der Waals surface area contributed by atoms with E-state index < -0.39 is 10.2 Å². The molecule has 7 heteroatoms. The molecule has 0 N–H and O–H groups in total. The second-order valence-electron chi connectivity index (χ2n) is 2.65. The molecule has 1 heterocycles. The standard InChI is InChI=1S/C6H12ClNO5/c9-7(10,11)13-6-3-8-1-4-12-5-2-8/h1-6H2. The Labute approximate surface area is 78.4 Å². The van der Waals surface area contributed by atoms with Crippen molar-refractivity contribution in [2.24, 2.45) is 0 Å². The van der Waals surface area contributed by atoms with Gasteiger partial charge in [-0.3, -0.25) is 4.90 Å². The van der Waals surface area contributed by atoms with Crippen molar-refractivity contribution in [3.63, 3.8) is 0 Å². The van der Waals surface area contributed by atoms with Crippen molar-refractivity contribution in [1.82, 2.24) is 4.90 Å². The van der Waals surface area contributed by atoms with Crippen LogP contribution in [0.1, 0.15) is 0 Å². The summed E-state index contributed by atoms with van der Waals surface area (Å²) in [6.45, 7) is 3.13. The molecule has 1 saturated heterocycles. The van der Waals surface area contributed by atoms with E-state index in [0.29, 0.717) is 19.8 Å². The van der Waals surface area contributed by atoms with Crippen LogP contribution in [0.15, 0.2) is 0 Å². The summed E-state index contributed by atoms with van der Waals surface area (Å²) in [6, 6.07) is 0. The highest BCUT2D eigenvalue weighted by molar-refractivity contribution is 4.60. The second-order valence-corrected chi connectivity index (χ2v) is 3.62. The topological polar surface area (TPSA) is 90.9 Å². The second kappa shape index (κ2) is 5.06. The quantitative estimate of drug-likeness (QED) is 0.476. The lowest BCUT2D eigenvalue weighted by Gasteiger charge is -2.25. The summed E-state index contributed by atoms with van der Waals surface area (Å²) >= 11 is 0. The van der Waals surface area contributed by atoms with E-state index in [1.54, 1.807) is 0 Å². The van der Waals surface area contributed by atoms with E-state index in [-0.39, 0.29) is 6.61 Å². The Bertz CT molecular complexity index is 144. The molecule has 1 rings (SSSR count). The maximum absolute atomic E-state index is 10.0. The Balaban J connectivity index is 2.04. The number of halogens is 1. The molecule has 1 aliphatic rings. The van der Waals surface area contributed by atoms with Crippen LogP contribution in [0.5, 0.6) is 0 Å². The molecule has 13 heavy (non-hydrogen) atoms. The van der Waals surface area contributed by atoms with Crippen LogP contribution >= 0.6 is 0 Å². The monoisotopic (exact) mass is 213 g/mol. The van der Waals surface area contributed by atoms with Crippen LogP contribution in [0.2, 0.25) is 0 Å². The first-order valence-electron chi connectivity index (χ1n) is 3.93. The number of hydrogen-bond donors (Lipinski definition) is 0. The predicted octanol–water partition coefficient (Wildman–Crippen LogP) is -3.77. The predicted molar refractivity (Wildman–Crippen MR) is 33.2 cm³/mol. The van der Waals surface area contributed by atoms with Gasteiger partial charge in [0.25, 0.3) is 0 Å². The molecule has 0 aliphatic carbocycles. The molecule has 78 valence electrons. The third-order valence-corrected chi connectivity index (χ3v) is 2.14. The molecule has 1 aliphatic heterocycles. The normalized spacial score (nSPS) is 20.5. The molecule has 1 fully saturated rings. The average molecular weight is 214 g/mol. The summed E-state index contributed by atoms with van der Waals surface area (Å²) in [4.78, 5) is 1.98. The van der Waals surface area contributed by atoms with Crippen molar-refractivity contribution >= 4 is 0 Å². The van der Waals surface area contributed by atoms with Crippen LogP contribution in [0.25, 0.3) is 0 Å². The Morgan fingerprint density at radius 2 is 1.85 bits per heavy atom. The van der Waals surface area contributed by atoms with E-state index in [0.717, 1.165) is 13.1 Å². The third-order valence-electron chi connectivity index (χ3n) is 1.72. The van der Waals surface area contributed by atoms with Gasteiger partial charge in [-0.2, -0.15) is 14.0 Å². The maximum atomic E-state index is 10.0. The molecule has 0 radical (unpaired) electrons.